The van der Waals surface area contributed by atoms with E-state index in [4.69, 9.17) is 0 Å². The molecule has 3 rings (SSSR count). The number of anilines is 1. The van der Waals surface area contributed by atoms with Crippen LogP contribution < -0.4 is 4.90 Å². The van der Waals surface area contributed by atoms with Gasteiger partial charge in [-0.3, -0.25) is 14.4 Å². The van der Waals surface area contributed by atoms with Gasteiger partial charge in [0, 0.05) is 13.6 Å². The number of carbonyl (C=O) groups excluding carboxylic acids is 1. The van der Waals surface area contributed by atoms with Crippen molar-refractivity contribution in [3.05, 3.63) is 41.5 Å². The number of aryl methyl sites for hydroxylation is 2. The quantitative estimate of drug-likeness (QED) is 0.664. The molecule has 0 spiro atoms. The van der Waals surface area contributed by atoms with Gasteiger partial charge in [-0.05, 0) is 51.7 Å². The molecule has 0 aliphatic rings. The summed E-state index contributed by atoms with van der Waals surface area (Å²) in [6, 6.07) is 4.86. The van der Waals surface area contributed by atoms with Gasteiger partial charge in [0.25, 0.3) is 5.91 Å². The predicted octanol–water partition coefficient (Wildman–Crippen LogP) is 3.08. The lowest BCUT2D eigenvalue weighted by Crippen LogP contribution is -2.35. The molecule has 138 valence electrons. The number of amides is 1. The van der Waals surface area contributed by atoms with Crippen LogP contribution >= 0.6 is 11.3 Å². The maximum Gasteiger partial charge on any atom is 0.278 e. The molecule has 0 N–H and O–H groups in total. The molecule has 0 aliphatic heterocycles. The van der Waals surface area contributed by atoms with Gasteiger partial charge in [0.2, 0.25) is 0 Å². The van der Waals surface area contributed by atoms with E-state index < -0.39 is 0 Å². The van der Waals surface area contributed by atoms with Crippen LogP contribution in [-0.2, 0) is 7.05 Å². The Morgan fingerprint density at radius 3 is 2.69 bits per heavy atom. The van der Waals surface area contributed by atoms with E-state index in [1.807, 2.05) is 27.1 Å². The second kappa shape index (κ2) is 7.51. The number of aromatic nitrogens is 3. The molecule has 0 atom stereocenters. The third kappa shape index (κ3) is 3.61. The third-order valence-electron chi connectivity index (χ3n) is 4.15. The Morgan fingerprint density at radius 2 is 2.08 bits per heavy atom. The molecule has 6 nitrogen and oxygen atoms in total. The lowest BCUT2D eigenvalue weighted by atomic mass is 10.2. The van der Waals surface area contributed by atoms with Gasteiger partial charge < -0.3 is 4.90 Å². The highest BCUT2D eigenvalue weighted by Gasteiger charge is 2.25. The van der Waals surface area contributed by atoms with E-state index in [9.17, 15) is 9.18 Å². The molecular weight excluding hydrogens is 353 g/mol. The van der Waals surface area contributed by atoms with Crippen molar-refractivity contribution in [2.24, 2.45) is 7.05 Å². The number of hydrogen-bond acceptors (Lipinski definition) is 5. The molecule has 0 aliphatic carbocycles. The number of carbonyl (C=O) groups is 1. The van der Waals surface area contributed by atoms with Crippen molar-refractivity contribution in [2.45, 2.75) is 13.3 Å². The topological polar surface area (TPSA) is 54.3 Å². The number of halogens is 1. The Morgan fingerprint density at radius 1 is 1.31 bits per heavy atom. The third-order valence-corrected chi connectivity index (χ3v) is 5.19. The van der Waals surface area contributed by atoms with Crippen molar-refractivity contribution in [2.75, 3.05) is 32.1 Å². The highest BCUT2D eigenvalue weighted by molar-refractivity contribution is 7.22. The zero-order chi connectivity index (χ0) is 18.8. The first-order valence-corrected chi connectivity index (χ1v) is 9.20. The molecule has 1 aromatic carbocycles. The van der Waals surface area contributed by atoms with Gasteiger partial charge in [0.1, 0.15) is 17.0 Å². The van der Waals surface area contributed by atoms with Gasteiger partial charge in [0.05, 0.1) is 10.9 Å². The number of nitrogens with zero attached hydrogens (tertiary/aromatic N) is 5. The molecule has 3 aromatic rings. The highest BCUT2D eigenvalue weighted by atomic mass is 32.1. The first kappa shape index (κ1) is 18.5. The van der Waals surface area contributed by atoms with Gasteiger partial charge in [0.15, 0.2) is 5.13 Å². The minimum absolute atomic E-state index is 0.166. The fourth-order valence-electron chi connectivity index (χ4n) is 2.83. The van der Waals surface area contributed by atoms with Crippen molar-refractivity contribution in [3.63, 3.8) is 0 Å². The van der Waals surface area contributed by atoms with Crippen LogP contribution in [0.2, 0.25) is 0 Å². The van der Waals surface area contributed by atoms with Gasteiger partial charge in [-0.25, -0.2) is 9.37 Å². The van der Waals surface area contributed by atoms with Crippen molar-refractivity contribution in [1.82, 2.24) is 19.7 Å². The number of rotatable bonds is 6. The lowest BCUT2D eigenvalue weighted by molar-refractivity contribution is 0.0976. The standard InChI is InChI=1S/C18H22FN5OS/c1-12-11-20-23(4)16(12)17(25)24(10-6-9-22(2)3)18-21-15-13(19)7-5-8-14(15)26-18/h5,7-8,11H,6,9-10H2,1-4H3. The number of hydrogen-bond donors (Lipinski definition) is 0. The summed E-state index contributed by atoms with van der Waals surface area (Å²) in [5, 5.41) is 4.67. The highest BCUT2D eigenvalue weighted by Crippen LogP contribution is 2.31. The first-order valence-electron chi connectivity index (χ1n) is 8.38. The minimum Gasteiger partial charge on any atom is -0.309 e. The fraction of sp³-hybridized carbons (Fsp3) is 0.389. The van der Waals surface area contributed by atoms with Crippen LogP contribution in [0, 0.1) is 12.7 Å². The molecule has 1 amide bonds. The first-order chi connectivity index (χ1) is 12.4. The molecule has 26 heavy (non-hydrogen) atoms. The van der Waals surface area contributed by atoms with Crippen LogP contribution in [0.15, 0.2) is 24.4 Å². The summed E-state index contributed by atoms with van der Waals surface area (Å²) in [5.74, 6) is -0.539. The second-order valence-corrected chi connectivity index (χ2v) is 7.51. The molecule has 0 saturated heterocycles. The summed E-state index contributed by atoms with van der Waals surface area (Å²) < 4.78 is 16.3. The molecule has 0 radical (unpaired) electrons. The Balaban J connectivity index is 1.99. The SMILES string of the molecule is Cc1cnn(C)c1C(=O)N(CCCN(C)C)c1nc2c(F)cccc2s1. The van der Waals surface area contributed by atoms with Crippen molar-refractivity contribution >= 4 is 32.6 Å². The number of para-hydroxylation sites is 1. The van der Waals surface area contributed by atoms with Crippen LogP contribution in [0.1, 0.15) is 22.5 Å². The molecular formula is C18H22FN5OS. The van der Waals surface area contributed by atoms with Crippen LogP contribution in [0.3, 0.4) is 0 Å². The van der Waals surface area contributed by atoms with E-state index in [2.05, 4.69) is 15.0 Å². The van der Waals surface area contributed by atoms with Crippen LogP contribution in [0.25, 0.3) is 10.2 Å². The molecule has 0 bridgehead atoms. The zero-order valence-corrected chi connectivity index (χ0v) is 16.2. The summed E-state index contributed by atoms with van der Waals surface area (Å²) in [6.07, 6.45) is 2.46. The number of thiazole rings is 1. The molecule has 0 saturated carbocycles. The van der Waals surface area contributed by atoms with Gasteiger partial charge in [-0.1, -0.05) is 17.4 Å². The van der Waals surface area contributed by atoms with Crippen molar-refractivity contribution < 1.29 is 9.18 Å². The van der Waals surface area contributed by atoms with Crippen molar-refractivity contribution in [1.29, 1.82) is 0 Å². The largest absolute Gasteiger partial charge is 0.309 e. The number of benzene rings is 1. The second-order valence-electron chi connectivity index (χ2n) is 6.50. The Bertz CT molecular complexity index is 913. The Hall–Kier alpha value is -2.32. The molecule has 0 fully saturated rings. The van der Waals surface area contributed by atoms with Crippen LogP contribution in [0.5, 0.6) is 0 Å². The van der Waals surface area contributed by atoms with Gasteiger partial charge >= 0.3 is 0 Å². The maximum atomic E-state index is 14.0. The van der Waals surface area contributed by atoms with E-state index in [1.54, 1.807) is 28.9 Å². The monoisotopic (exact) mass is 375 g/mol. The Kier molecular flexibility index (Phi) is 5.33. The van der Waals surface area contributed by atoms with Crippen LogP contribution in [0.4, 0.5) is 9.52 Å². The zero-order valence-electron chi connectivity index (χ0n) is 15.4. The van der Waals surface area contributed by atoms with E-state index >= 15 is 0 Å². The van der Waals surface area contributed by atoms with Crippen molar-refractivity contribution in [3.8, 4) is 0 Å². The Labute approximate surface area is 155 Å². The fourth-order valence-corrected chi connectivity index (χ4v) is 3.83. The molecule has 8 heteroatoms. The maximum absolute atomic E-state index is 14.0. The average Bonchev–Trinajstić information content (AvgIpc) is 3.15. The summed E-state index contributed by atoms with van der Waals surface area (Å²) in [6.45, 7) is 3.20. The predicted molar refractivity (Wildman–Crippen MR) is 102 cm³/mol. The minimum atomic E-state index is -0.373. The van der Waals surface area contributed by atoms with Gasteiger partial charge in [-0.15, -0.1) is 0 Å². The summed E-state index contributed by atoms with van der Waals surface area (Å²) >= 11 is 1.33. The summed E-state index contributed by atoms with van der Waals surface area (Å²) in [7, 11) is 5.73. The number of fused-ring (bicyclic) bond motifs is 1. The van der Waals surface area contributed by atoms with Crippen LogP contribution in [-0.4, -0.2) is 52.8 Å². The summed E-state index contributed by atoms with van der Waals surface area (Å²) in [4.78, 5) is 21.3. The molecule has 2 aromatic heterocycles. The van der Waals surface area contributed by atoms with Gasteiger partial charge in [-0.2, -0.15) is 5.10 Å². The normalized spacial score (nSPS) is 11.5. The average molecular weight is 375 g/mol. The molecule has 0 unspecified atom stereocenters. The van der Waals surface area contributed by atoms with E-state index in [0.29, 0.717) is 22.9 Å². The molecule has 2 heterocycles. The smallest absolute Gasteiger partial charge is 0.278 e. The van der Waals surface area contributed by atoms with E-state index in [1.165, 1.54) is 17.4 Å². The lowest BCUT2D eigenvalue weighted by Gasteiger charge is -2.21. The van der Waals surface area contributed by atoms with E-state index in [-0.39, 0.29) is 11.7 Å². The summed E-state index contributed by atoms with van der Waals surface area (Å²) in [5.41, 5.74) is 1.64. The van der Waals surface area contributed by atoms with E-state index in [0.717, 1.165) is 23.2 Å².